The molecule has 3 aromatic heterocycles. The number of carbonyl (C=O) groups excluding carboxylic acids is 1. The molecule has 0 aliphatic carbocycles. The number of halogens is 2. The van der Waals surface area contributed by atoms with Gasteiger partial charge in [0.15, 0.2) is 0 Å². The Morgan fingerprint density at radius 1 is 1.10 bits per heavy atom. The van der Waals surface area contributed by atoms with Crippen LogP contribution in [0.15, 0.2) is 53.3 Å². The Labute approximate surface area is 181 Å². The molecule has 148 valence electrons. The van der Waals surface area contributed by atoms with Gasteiger partial charge in [-0.15, -0.1) is 11.3 Å². The summed E-state index contributed by atoms with van der Waals surface area (Å²) >= 11 is 13.7. The fraction of sp³-hybridized carbons (Fsp3) is 0.190. The van der Waals surface area contributed by atoms with Gasteiger partial charge in [0.1, 0.15) is 10.1 Å². The molecule has 8 heteroatoms. The number of nitrogens with one attached hydrogen (secondary N) is 1. The van der Waals surface area contributed by atoms with E-state index in [1.807, 2.05) is 47.5 Å². The summed E-state index contributed by atoms with van der Waals surface area (Å²) in [5, 5.41) is 0.976. The van der Waals surface area contributed by atoms with Crippen LogP contribution in [0.3, 0.4) is 0 Å². The Morgan fingerprint density at radius 2 is 1.93 bits per heavy atom. The first-order chi connectivity index (χ1) is 14.1. The molecule has 1 N–H and O–H groups in total. The standard InChI is InChI=1S/C21H17Cl2N3O2S/c22-19-11-17(20(23)29-19)25-5-7-26(8-6-25)21(27)13-3-4-16-14(10-13)15(12-24-16)18-2-1-9-28-18/h1-4,9-12,24H,5-8H2. The third kappa shape index (κ3) is 3.41. The first-order valence-corrected chi connectivity index (χ1v) is 10.8. The summed E-state index contributed by atoms with van der Waals surface area (Å²) in [7, 11) is 0. The Bertz CT molecular complexity index is 1170. The molecule has 4 aromatic rings. The average Bonchev–Trinajstić information content (AvgIpc) is 3.46. The van der Waals surface area contributed by atoms with Crippen LogP contribution in [-0.2, 0) is 0 Å². The lowest BCUT2D eigenvalue weighted by Crippen LogP contribution is -2.48. The number of thiophene rings is 1. The van der Waals surface area contributed by atoms with Crippen LogP contribution in [0.1, 0.15) is 10.4 Å². The highest BCUT2D eigenvalue weighted by atomic mass is 35.5. The summed E-state index contributed by atoms with van der Waals surface area (Å²) in [6.07, 6.45) is 3.56. The number of hydrogen-bond acceptors (Lipinski definition) is 4. The molecule has 0 bridgehead atoms. The van der Waals surface area contributed by atoms with Gasteiger partial charge in [-0.1, -0.05) is 23.2 Å². The average molecular weight is 446 g/mol. The van der Waals surface area contributed by atoms with Gasteiger partial charge < -0.3 is 19.2 Å². The SMILES string of the molecule is O=C(c1ccc2[nH]cc(-c3ccco3)c2c1)N1CCN(c2cc(Cl)sc2Cl)CC1. The summed E-state index contributed by atoms with van der Waals surface area (Å²) in [5.74, 6) is 0.813. The smallest absolute Gasteiger partial charge is 0.253 e. The Kier molecular flexibility index (Phi) is 4.78. The monoisotopic (exact) mass is 445 g/mol. The number of carbonyl (C=O) groups is 1. The fourth-order valence-electron chi connectivity index (χ4n) is 3.77. The van der Waals surface area contributed by atoms with Crippen molar-refractivity contribution in [3.05, 3.63) is 63.1 Å². The van der Waals surface area contributed by atoms with Gasteiger partial charge >= 0.3 is 0 Å². The zero-order chi connectivity index (χ0) is 20.0. The van der Waals surface area contributed by atoms with E-state index in [9.17, 15) is 4.79 Å². The van der Waals surface area contributed by atoms with Crippen LogP contribution in [0.5, 0.6) is 0 Å². The second-order valence-electron chi connectivity index (χ2n) is 6.93. The summed E-state index contributed by atoms with van der Waals surface area (Å²) in [6.45, 7) is 2.73. The molecule has 1 amide bonds. The molecule has 5 rings (SSSR count). The number of benzene rings is 1. The van der Waals surface area contributed by atoms with E-state index in [-0.39, 0.29) is 5.91 Å². The van der Waals surface area contributed by atoms with Crippen LogP contribution in [0.4, 0.5) is 5.69 Å². The largest absolute Gasteiger partial charge is 0.464 e. The number of amides is 1. The molecule has 1 aliphatic rings. The molecule has 4 heterocycles. The van der Waals surface area contributed by atoms with Crippen molar-refractivity contribution in [3.8, 4) is 11.3 Å². The fourth-order valence-corrected chi connectivity index (χ4v) is 5.28. The molecule has 0 atom stereocenters. The van der Waals surface area contributed by atoms with E-state index in [0.29, 0.717) is 27.3 Å². The maximum atomic E-state index is 13.1. The molecule has 1 fully saturated rings. The van der Waals surface area contributed by atoms with Gasteiger partial charge in [-0.05, 0) is 36.4 Å². The zero-order valence-electron chi connectivity index (χ0n) is 15.3. The maximum absolute atomic E-state index is 13.1. The number of nitrogens with zero attached hydrogens (tertiary/aromatic N) is 2. The van der Waals surface area contributed by atoms with E-state index in [2.05, 4.69) is 9.88 Å². The molecule has 0 spiro atoms. The quantitative estimate of drug-likeness (QED) is 0.436. The van der Waals surface area contributed by atoms with Crippen LogP contribution in [0.2, 0.25) is 8.67 Å². The molecule has 1 saturated heterocycles. The molecule has 1 aliphatic heterocycles. The van der Waals surface area contributed by atoms with Crippen molar-refractivity contribution >= 4 is 57.0 Å². The topological polar surface area (TPSA) is 52.5 Å². The molecule has 1 aromatic carbocycles. The van der Waals surface area contributed by atoms with Crippen LogP contribution in [0.25, 0.3) is 22.2 Å². The van der Waals surface area contributed by atoms with E-state index in [4.69, 9.17) is 27.6 Å². The van der Waals surface area contributed by atoms with Crippen LogP contribution < -0.4 is 4.90 Å². The first kappa shape index (κ1) is 18.6. The molecule has 0 radical (unpaired) electrons. The van der Waals surface area contributed by atoms with Gasteiger partial charge in [0.25, 0.3) is 5.91 Å². The third-order valence-electron chi connectivity index (χ3n) is 5.26. The predicted octanol–water partition coefficient (Wildman–Crippen LogP) is 5.76. The van der Waals surface area contributed by atoms with E-state index >= 15 is 0 Å². The number of aromatic nitrogens is 1. The highest BCUT2D eigenvalue weighted by Crippen LogP contribution is 2.38. The minimum absolute atomic E-state index is 0.0348. The van der Waals surface area contributed by atoms with Gasteiger partial charge in [0.2, 0.25) is 0 Å². The zero-order valence-corrected chi connectivity index (χ0v) is 17.7. The molecule has 0 unspecified atom stereocenters. The number of H-pyrrole nitrogens is 1. The van der Waals surface area contributed by atoms with E-state index < -0.39 is 0 Å². The van der Waals surface area contributed by atoms with Crippen molar-refractivity contribution in [2.75, 3.05) is 31.1 Å². The second kappa shape index (κ2) is 7.44. The Hall–Kier alpha value is -2.41. The Balaban J connectivity index is 1.35. The molecule has 29 heavy (non-hydrogen) atoms. The maximum Gasteiger partial charge on any atom is 0.253 e. The minimum Gasteiger partial charge on any atom is -0.464 e. The van der Waals surface area contributed by atoms with Gasteiger partial charge in [-0.3, -0.25) is 4.79 Å². The van der Waals surface area contributed by atoms with E-state index in [1.54, 1.807) is 6.26 Å². The summed E-state index contributed by atoms with van der Waals surface area (Å²) in [5.41, 5.74) is 3.55. The van der Waals surface area contributed by atoms with Gasteiger partial charge in [0, 0.05) is 54.4 Å². The molecular weight excluding hydrogens is 429 g/mol. The summed E-state index contributed by atoms with van der Waals surface area (Å²) < 4.78 is 6.90. The number of hydrogen-bond donors (Lipinski definition) is 1. The second-order valence-corrected chi connectivity index (χ2v) is 9.21. The van der Waals surface area contributed by atoms with Gasteiger partial charge in [-0.25, -0.2) is 0 Å². The third-order valence-corrected chi connectivity index (χ3v) is 6.73. The van der Waals surface area contributed by atoms with Gasteiger partial charge in [0.05, 0.1) is 16.3 Å². The highest BCUT2D eigenvalue weighted by molar-refractivity contribution is 7.20. The van der Waals surface area contributed by atoms with Gasteiger partial charge in [-0.2, -0.15) is 0 Å². The number of aromatic amines is 1. The lowest BCUT2D eigenvalue weighted by atomic mass is 10.1. The summed E-state index contributed by atoms with van der Waals surface area (Å²) in [6, 6.07) is 11.4. The van der Waals surface area contributed by atoms with Crippen LogP contribution in [0, 0.1) is 0 Å². The normalized spacial score (nSPS) is 14.7. The first-order valence-electron chi connectivity index (χ1n) is 9.24. The Morgan fingerprint density at radius 3 is 2.62 bits per heavy atom. The van der Waals surface area contributed by atoms with Crippen molar-refractivity contribution in [2.24, 2.45) is 0 Å². The van der Waals surface area contributed by atoms with E-state index in [1.165, 1.54) is 11.3 Å². The lowest BCUT2D eigenvalue weighted by Gasteiger charge is -2.35. The van der Waals surface area contributed by atoms with Crippen LogP contribution >= 0.6 is 34.5 Å². The minimum atomic E-state index is 0.0348. The number of rotatable bonds is 3. The lowest BCUT2D eigenvalue weighted by molar-refractivity contribution is 0.0747. The summed E-state index contributed by atoms with van der Waals surface area (Å²) in [4.78, 5) is 20.4. The van der Waals surface area contributed by atoms with E-state index in [0.717, 1.165) is 41.0 Å². The van der Waals surface area contributed by atoms with Crippen molar-refractivity contribution in [2.45, 2.75) is 0 Å². The molecular formula is C21H17Cl2N3O2S. The highest BCUT2D eigenvalue weighted by Gasteiger charge is 2.25. The van der Waals surface area contributed by atoms with Crippen molar-refractivity contribution in [3.63, 3.8) is 0 Å². The van der Waals surface area contributed by atoms with Crippen molar-refractivity contribution in [1.82, 2.24) is 9.88 Å². The molecule has 0 saturated carbocycles. The van der Waals surface area contributed by atoms with Crippen molar-refractivity contribution < 1.29 is 9.21 Å². The molecule has 5 nitrogen and oxygen atoms in total. The number of anilines is 1. The number of fused-ring (bicyclic) bond motifs is 1. The van der Waals surface area contributed by atoms with Crippen LogP contribution in [-0.4, -0.2) is 42.0 Å². The van der Waals surface area contributed by atoms with Crippen molar-refractivity contribution in [1.29, 1.82) is 0 Å². The number of furan rings is 1. The predicted molar refractivity (Wildman–Crippen MR) is 118 cm³/mol. The number of piperazine rings is 1.